The number of hydrogen-bond acceptors (Lipinski definition) is 4. The highest BCUT2D eigenvalue weighted by atomic mass is 32.2. The SMILES string of the molecule is Cc1nn(-c2ccccn2)c2c1C(c1ccc(F)cc1)SCC(=O)N2. The number of fused-ring (bicyclic) bond motifs is 1. The fourth-order valence-corrected chi connectivity index (χ4v) is 4.12. The van der Waals surface area contributed by atoms with E-state index < -0.39 is 0 Å². The molecule has 5 nitrogen and oxygen atoms in total. The minimum atomic E-state index is -0.280. The molecule has 3 aromatic rings. The van der Waals surface area contributed by atoms with Crippen molar-refractivity contribution >= 4 is 23.5 Å². The van der Waals surface area contributed by atoms with Gasteiger partial charge in [-0.2, -0.15) is 9.78 Å². The lowest BCUT2D eigenvalue weighted by Crippen LogP contribution is -2.16. The highest BCUT2D eigenvalue weighted by molar-refractivity contribution is 8.00. The maximum Gasteiger partial charge on any atom is 0.235 e. The first-order chi connectivity index (χ1) is 12.1. The maximum absolute atomic E-state index is 13.3. The summed E-state index contributed by atoms with van der Waals surface area (Å²) in [5, 5.41) is 7.43. The van der Waals surface area contributed by atoms with Crippen LogP contribution in [0.15, 0.2) is 48.7 Å². The zero-order valence-corrected chi connectivity index (χ0v) is 14.3. The molecule has 4 rings (SSSR count). The van der Waals surface area contributed by atoms with Crippen molar-refractivity contribution in [2.45, 2.75) is 12.2 Å². The molecule has 2 aromatic heterocycles. The number of carbonyl (C=O) groups is 1. The summed E-state index contributed by atoms with van der Waals surface area (Å²) in [6.07, 6.45) is 1.68. The van der Waals surface area contributed by atoms with Crippen LogP contribution < -0.4 is 5.32 Å². The minimum absolute atomic E-state index is 0.0899. The first-order valence-electron chi connectivity index (χ1n) is 7.81. The first-order valence-corrected chi connectivity index (χ1v) is 8.86. The third-order valence-corrected chi connectivity index (χ3v) is 5.32. The van der Waals surface area contributed by atoms with Gasteiger partial charge in [-0.15, -0.1) is 11.8 Å². The summed E-state index contributed by atoms with van der Waals surface area (Å²) < 4.78 is 15.0. The zero-order chi connectivity index (χ0) is 17.4. The zero-order valence-electron chi connectivity index (χ0n) is 13.4. The molecule has 3 heterocycles. The van der Waals surface area contributed by atoms with Crippen LogP contribution >= 0.6 is 11.8 Å². The van der Waals surface area contributed by atoms with Crippen molar-refractivity contribution in [3.8, 4) is 5.82 Å². The van der Waals surface area contributed by atoms with Crippen LogP contribution in [0.4, 0.5) is 10.2 Å². The lowest BCUT2D eigenvalue weighted by atomic mass is 10.0. The van der Waals surface area contributed by atoms with Gasteiger partial charge in [0.15, 0.2) is 5.82 Å². The largest absolute Gasteiger partial charge is 0.310 e. The molecule has 0 bridgehead atoms. The number of rotatable bonds is 2. The molecule has 1 amide bonds. The van der Waals surface area contributed by atoms with Crippen LogP contribution in [0, 0.1) is 12.7 Å². The Labute approximate surface area is 148 Å². The quantitative estimate of drug-likeness (QED) is 0.765. The number of halogens is 1. The van der Waals surface area contributed by atoms with E-state index in [1.54, 1.807) is 23.0 Å². The van der Waals surface area contributed by atoms with E-state index in [1.165, 1.54) is 23.9 Å². The van der Waals surface area contributed by atoms with E-state index in [1.807, 2.05) is 25.1 Å². The molecule has 1 unspecified atom stereocenters. The van der Waals surface area contributed by atoms with E-state index in [2.05, 4.69) is 15.4 Å². The van der Waals surface area contributed by atoms with Crippen LogP contribution in [-0.4, -0.2) is 26.4 Å². The fraction of sp³-hybridized carbons (Fsp3) is 0.167. The van der Waals surface area contributed by atoms with Gasteiger partial charge in [-0.05, 0) is 36.8 Å². The molecule has 126 valence electrons. The predicted octanol–water partition coefficient (Wildman–Crippen LogP) is 3.49. The molecule has 7 heteroatoms. The standard InChI is InChI=1S/C18H15FN4OS/c1-11-16-17(12-5-7-13(19)8-6-12)25-10-15(24)21-18(16)23(22-11)14-4-2-3-9-20-14/h2-9,17H,10H2,1H3,(H,21,24). The number of benzene rings is 1. The number of nitrogens with zero attached hydrogens (tertiary/aromatic N) is 3. The van der Waals surface area contributed by atoms with Crippen LogP contribution in [0.3, 0.4) is 0 Å². The van der Waals surface area contributed by atoms with Gasteiger partial charge in [0.05, 0.1) is 16.7 Å². The van der Waals surface area contributed by atoms with Crippen molar-refractivity contribution in [1.29, 1.82) is 0 Å². The Morgan fingerprint density at radius 3 is 2.76 bits per heavy atom. The van der Waals surface area contributed by atoms with Gasteiger partial charge in [0.2, 0.25) is 5.91 Å². The number of nitrogens with one attached hydrogen (secondary N) is 1. The molecule has 0 spiro atoms. The van der Waals surface area contributed by atoms with Crippen LogP contribution in [0.25, 0.3) is 5.82 Å². The van der Waals surface area contributed by atoms with Gasteiger partial charge in [0.1, 0.15) is 11.6 Å². The van der Waals surface area contributed by atoms with E-state index in [4.69, 9.17) is 0 Å². The topological polar surface area (TPSA) is 59.8 Å². The van der Waals surface area contributed by atoms with E-state index in [9.17, 15) is 9.18 Å². The highest BCUT2D eigenvalue weighted by Gasteiger charge is 2.30. The van der Waals surface area contributed by atoms with Crippen LogP contribution in [-0.2, 0) is 4.79 Å². The molecule has 1 aromatic carbocycles. The van der Waals surface area contributed by atoms with Gasteiger partial charge in [-0.25, -0.2) is 9.37 Å². The van der Waals surface area contributed by atoms with Gasteiger partial charge >= 0.3 is 0 Å². The van der Waals surface area contributed by atoms with E-state index in [0.29, 0.717) is 17.4 Å². The fourth-order valence-electron chi connectivity index (χ4n) is 2.93. The Bertz CT molecular complexity index is 924. The normalized spacial score (nSPS) is 16.9. The third-order valence-electron chi connectivity index (χ3n) is 4.05. The van der Waals surface area contributed by atoms with Gasteiger partial charge in [-0.3, -0.25) is 4.79 Å². The number of thioether (sulfide) groups is 1. The second kappa shape index (κ2) is 6.33. The average Bonchev–Trinajstić information content (AvgIpc) is 2.83. The number of carbonyl (C=O) groups excluding carboxylic acids is 1. The smallest absolute Gasteiger partial charge is 0.235 e. The molecule has 1 atom stereocenters. The van der Waals surface area contributed by atoms with E-state index in [0.717, 1.165) is 16.8 Å². The maximum atomic E-state index is 13.3. The van der Waals surface area contributed by atoms with Gasteiger partial charge in [0, 0.05) is 11.8 Å². The molecule has 1 N–H and O–H groups in total. The molecular weight excluding hydrogens is 339 g/mol. The second-order valence-corrected chi connectivity index (χ2v) is 6.83. The number of pyridine rings is 1. The number of amides is 1. The van der Waals surface area contributed by atoms with Gasteiger partial charge in [-0.1, -0.05) is 18.2 Å². The first kappa shape index (κ1) is 15.8. The number of aryl methyl sites for hydroxylation is 1. The molecule has 0 fully saturated rings. The summed E-state index contributed by atoms with van der Waals surface area (Å²) in [7, 11) is 0. The average molecular weight is 354 g/mol. The molecule has 0 radical (unpaired) electrons. The summed E-state index contributed by atoms with van der Waals surface area (Å²) in [5.41, 5.74) is 2.67. The Hall–Kier alpha value is -2.67. The summed E-state index contributed by atoms with van der Waals surface area (Å²) in [5.74, 6) is 1.21. The van der Waals surface area contributed by atoms with Gasteiger partial charge in [0.25, 0.3) is 0 Å². The number of aromatic nitrogens is 3. The predicted molar refractivity (Wildman–Crippen MR) is 95.4 cm³/mol. The van der Waals surface area contributed by atoms with Crippen molar-refractivity contribution < 1.29 is 9.18 Å². The lowest BCUT2D eigenvalue weighted by Gasteiger charge is -2.15. The van der Waals surface area contributed by atoms with Crippen molar-refractivity contribution in [3.05, 3.63) is 71.3 Å². The van der Waals surface area contributed by atoms with E-state index >= 15 is 0 Å². The van der Waals surface area contributed by atoms with Crippen LogP contribution in [0.1, 0.15) is 22.1 Å². The summed E-state index contributed by atoms with van der Waals surface area (Å²) in [6, 6.07) is 11.9. The Morgan fingerprint density at radius 2 is 2.04 bits per heavy atom. The van der Waals surface area contributed by atoms with Crippen LogP contribution in [0.2, 0.25) is 0 Å². The third kappa shape index (κ3) is 2.91. The molecular formula is C18H15FN4OS. The van der Waals surface area contributed by atoms with E-state index in [-0.39, 0.29) is 17.0 Å². The summed E-state index contributed by atoms with van der Waals surface area (Å²) in [6.45, 7) is 1.91. The minimum Gasteiger partial charge on any atom is -0.310 e. The summed E-state index contributed by atoms with van der Waals surface area (Å²) in [4.78, 5) is 16.5. The molecule has 0 saturated heterocycles. The molecule has 1 aliphatic heterocycles. The Morgan fingerprint density at radius 1 is 1.24 bits per heavy atom. The highest BCUT2D eigenvalue weighted by Crippen LogP contribution is 2.43. The van der Waals surface area contributed by atoms with Crippen molar-refractivity contribution in [3.63, 3.8) is 0 Å². The van der Waals surface area contributed by atoms with Crippen LogP contribution in [0.5, 0.6) is 0 Å². The van der Waals surface area contributed by atoms with Crippen molar-refractivity contribution in [1.82, 2.24) is 14.8 Å². The van der Waals surface area contributed by atoms with Crippen molar-refractivity contribution in [2.24, 2.45) is 0 Å². The molecule has 1 aliphatic rings. The van der Waals surface area contributed by atoms with Gasteiger partial charge < -0.3 is 5.32 Å². The second-order valence-electron chi connectivity index (χ2n) is 5.74. The number of hydrogen-bond donors (Lipinski definition) is 1. The number of anilines is 1. The van der Waals surface area contributed by atoms with Crippen molar-refractivity contribution in [2.75, 3.05) is 11.1 Å². The molecule has 0 aliphatic carbocycles. The molecule has 25 heavy (non-hydrogen) atoms. The molecule has 0 saturated carbocycles. The Balaban J connectivity index is 1.88. The monoisotopic (exact) mass is 354 g/mol. The lowest BCUT2D eigenvalue weighted by molar-refractivity contribution is -0.113. The summed E-state index contributed by atoms with van der Waals surface area (Å²) >= 11 is 1.51. The Kier molecular flexibility index (Phi) is 4.01.